The predicted molar refractivity (Wildman–Crippen MR) is 42.3 cm³/mol. The first-order valence-electron chi connectivity index (χ1n) is 3.09. The van der Waals surface area contributed by atoms with Crippen LogP contribution in [-0.2, 0) is 9.47 Å². The molecule has 60 valence electrons. The van der Waals surface area contributed by atoms with Gasteiger partial charge in [0.15, 0.2) is 0 Å². The molecule has 0 bridgehead atoms. The fourth-order valence-electron chi connectivity index (χ4n) is 0.477. The number of allylic oxidation sites excluding steroid dienone is 1. The molecule has 0 aliphatic rings. The maximum Gasteiger partial charge on any atom is 0.146 e. The van der Waals surface area contributed by atoms with E-state index in [1.807, 2.05) is 13.0 Å². The number of hydrogen-bond donors (Lipinski definition) is 0. The Morgan fingerprint density at radius 2 is 2.30 bits per heavy atom. The van der Waals surface area contributed by atoms with Crippen molar-refractivity contribution in [3.05, 3.63) is 11.6 Å². The molecule has 0 atom stereocenters. The van der Waals surface area contributed by atoms with Crippen molar-refractivity contribution in [1.82, 2.24) is 0 Å². The molecule has 0 amide bonds. The summed E-state index contributed by atoms with van der Waals surface area (Å²) in [5.74, 6) is 0.544. The number of hydrogen-bond acceptors (Lipinski definition) is 2. The summed E-state index contributed by atoms with van der Waals surface area (Å²) in [7, 11) is 1.60. The van der Waals surface area contributed by atoms with E-state index in [0.29, 0.717) is 19.3 Å². The molecule has 0 saturated heterocycles. The molecule has 0 aromatic carbocycles. The van der Waals surface area contributed by atoms with Gasteiger partial charge in [-0.1, -0.05) is 11.6 Å². The first-order valence-corrected chi connectivity index (χ1v) is 3.63. The Morgan fingerprint density at radius 3 is 2.80 bits per heavy atom. The van der Waals surface area contributed by atoms with Gasteiger partial charge < -0.3 is 9.47 Å². The lowest BCUT2D eigenvalue weighted by Crippen LogP contribution is -1.99. The minimum Gasteiger partial charge on any atom is -0.359 e. The van der Waals surface area contributed by atoms with Crippen LogP contribution in [0.1, 0.15) is 6.92 Å². The van der Waals surface area contributed by atoms with Crippen LogP contribution in [0.5, 0.6) is 0 Å². The van der Waals surface area contributed by atoms with E-state index in [4.69, 9.17) is 16.3 Å². The highest BCUT2D eigenvalue weighted by molar-refractivity contribution is 6.18. The fraction of sp³-hybridized carbons (Fsp3) is 0.714. The molecular weight excluding hydrogens is 152 g/mol. The zero-order chi connectivity index (χ0) is 7.82. The Kier molecular flexibility index (Phi) is 7.03. The molecule has 0 radical (unpaired) electrons. The highest BCUT2D eigenvalue weighted by Crippen LogP contribution is 1.94. The second-order valence-electron chi connectivity index (χ2n) is 1.96. The van der Waals surface area contributed by atoms with Crippen LogP contribution in [0.3, 0.4) is 0 Å². The zero-order valence-electron chi connectivity index (χ0n) is 6.39. The number of ether oxygens (including phenoxy) is 2. The van der Waals surface area contributed by atoms with Gasteiger partial charge in [0.25, 0.3) is 0 Å². The molecule has 10 heavy (non-hydrogen) atoms. The van der Waals surface area contributed by atoms with E-state index in [2.05, 4.69) is 4.74 Å². The van der Waals surface area contributed by atoms with E-state index in [9.17, 15) is 0 Å². The van der Waals surface area contributed by atoms with E-state index in [1.165, 1.54) is 0 Å². The Bertz CT molecular complexity index is 102. The lowest BCUT2D eigenvalue weighted by molar-refractivity contribution is -0.0211. The van der Waals surface area contributed by atoms with Gasteiger partial charge >= 0.3 is 0 Å². The molecule has 0 N–H and O–H groups in total. The average Bonchev–Trinajstić information content (AvgIpc) is 1.89. The highest BCUT2D eigenvalue weighted by atomic mass is 35.5. The minimum atomic E-state index is 0.341. The summed E-state index contributed by atoms with van der Waals surface area (Å²) >= 11 is 5.45. The normalized spacial score (nSPS) is 12.1. The standard InChI is InChI=1S/C7H13ClO2/c1-7(3-4-8)5-10-6-9-2/h3H,4-6H2,1-2H3/b7-3+. The molecule has 0 spiro atoms. The van der Waals surface area contributed by atoms with Crippen LogP contribution in [0, 0.1) is 0 Å². The quantitative estimate of drug-likeness (QED) is 0.267. The SMILES string of the molecule is COCOC/C(C)=C/CCl. The molecule has 0 aliphatic heterocycles. The fourth-order valence-corrected chi connectivity index (χ4v) is 0.740. The molecule has 0 aromatic rings. The maximum atomic E-state index is 5.45. The van der Waals surface area contributed by atoms with E-state index in [1.54, 1.807) is 7.11 Å². The van der Waals surface area contributed by atoms with Crippen LogP contribution < -0.4 is 0 Å². The van der Waals surface area contributed by atoms with Gasteiger partial charge in [0.2, 0.25) is 0 Å². The second-order valence-corrected chi connectivity index (χ2v) is 2.27. The smallest absolute Gasteiger partial charge is 0.146 e. The van der Waals surface area contributed by atoms with Crippen LogP contribution >= 0.6 is 11.6 Å². The van der Waals surface area contributed by atoms with Gasteiger partial charge in [0, 0.05) is 13.0 Å². The lowest BCUT2D eigenvalue weighted by Gasteiger charge is -2.01. The molecule has 0 saturated carbocycles. The Morgan fingerprint density at radius 1 is 1.60 bits per heavy atom. The van der Waals surface area contributed by atoms with Crippen molar-refractivity contribution in [2.24, 2.45) is 0 Å². The van der Waals surface area contributed by atoms with E-state index in [0.717, 1.165) is 5.57 Å². The minimum absolute atomic E-state index is 0.341. The van der Waals surface area contributed by atoms with Crippen molar-refractivity contribution in [1.29, 1.82) is 0 Å². The van der Waals surface area contributed by atoms with Gasteiger partial charge in [-0.25, -0.2) is 0 Å². The Balaban J connectivity index is 3.21. The summed E-state index contributed by atoms with van der Waals surface area (Å²) in [5.41, 5.74) is 1.13. The third kappa shape index (κ3) is 6.08. The van der Waals surface area contributed by atoms with Gasteiger partial charge in [-0.15, -0.1) is 11.6 Å². The maximum absolute atomic E-state index is 5.45. The third-order valence-electron chi connectivity index (χ3n) is 0.957. The van der Waals surface area contributed by atoms with Crippen LogP contribution in [-0.4, -0.2) is 26.4 Å². The third-order valence-corrected chi connectivity index (χ3v) is 1.11. The summed E-state index contributed by atoms with van der Waals surface area (Å²) in [4.78, 5) is 0. The van der Waals surface area contributed by atoms with Crippen molar-refractivity contribution in [2.75, 3.05) is 26.4 Å². The van der Waals surface area contributed by atoms with Crippen LogP contribution in [0.15, 0.2) is 11.6 Å². The molecular formula is C7H13ClO2. The highest BCUT2D eigenvalue weighted by Gasteiger charge is 1.87. The van der Waals surface area contributed by atoms with Crippen LogP contribution in [0.2, 0.25) is 0 Å². The number of halogens is 1. The summed E-state index contributed by atoms with van der Waals surface area (Å²) in [5, 5.41) is 0. The summed E-state index contributed by atoms with van der Waals surface area (Å²) in [6.07, 6.45) is 1.91. The van der Waals surface area contributed by atoms with Crippen LogP contribution in [0.4, 0.5) is 0 Å². The van der Waals surface area contributed by atoms with Crippen molar-refractivity contribution in [3.63, 3.8) is 0 Å². The number of rotatable bonds is 5. The first kappa shape index (κ1) is 9.95. The molecule has 0 aromatic heterocycles. The molecule has 0 rings (SSSR count). The second kappa shape index (κ2) is 7.06. The van der Waals surface area contributed by atoms with Crippen molar-refractivity contribution in [2.45, 2.75) is 6.92 Å². The predicted octanol–water partition coefficient (Wildman–Crippen LogP) is 1.79. The molecule has 0 fully saturated rings. The van der Waals surface area contributed by atoms with E-state index in [-0.39, 0.29) is 0 Å². The van der Waals surface area contributed by atoms with Gasteiger partial charge in [-0.2, -0.15) is 0 Å². The molecule has 3 heteroatoms. The molecule has 2 nitrogen and oxygen atoms in total. The Hall–Kier alpha value is -0.0500. The summed E-state index contributed by atoms with van der Waals surface area (Å²) in [6, 6.07) is 0. The van der Waals surface area contributed by atoms with E-state index >= 15 is 0 Å². The van der Waals surface area contributed by atoms with Crippen molar-refractivity contribution in [3.8, 4) is 0 Å². The Labute approximate surface area is 66.8 Å². The summed E-state index contributed by atoms with van der Waals surface area (Å²) < 4.78 is 9.74. The van der Waals surface area contributed by atoms with Gasteiger partial charge in [-0.05, 0) is 6.92 Å². The monoisotopic (exact) mass is 164 g/mol. The lowest BCUT2D eigenvalue weighted by atomic mass is 10.3. The average molecular weight is 165 g/mol. The first-order chi connectivity index (χ1) is 4.81. The molecule has 0 unspecified atom stereocenters. The van der Waals surface area contributed by atoms with Crippen LogP contribution in [0.25, 0.3) is 0 Å². The van der Waals surface area contributed by atoms with Crippen molar-refractivity contribution >= 4 is 11.6 Å². The van der Waals surface area contributed by atoms with E-state index < -0.39 is 0 Å². The molecule has 0 heterocycles. The molecule has 0 aliphatic carbocycles. The topological polar surface area (TPSA) is 18.5 Å². The van der Waals surface area contributed by atoms with Crippen molar-refractivity contribution < 1.29 is 9.47 Å². The largest absolute Gasteiger partial charge is 0.359 e. The summed E-state index contributed by atoms with van der Waals surface area (Å²) in [6.45, 7) is 2.91. The number of alkyl halides is 1. The zero-order valence-corrected chi connectivity index (χ0v) is 7.15. The van der Waals surface area contributed by atoms with Gasteiger partial charge in [0.05, 0.1) is 6.61 Å². The van der Waals surface area contributed by atoms with Gasteiger partial charge in [-0.3, -0.25) is 0 Å². The number of methoxy groups -OCH3 is 1. The van der Waals surface area contributed by atoms with Gasteiger partial charge in [0.1, 0.15) is 6.79 Å².